The molecule has 9 rings (SSSR count). The molecule has 1 aromatic heterocycles. The minimum atomic E-state index is -0.423. The summed E-state index contributed by atoms with van der Waals surface area (Å²) in [6.45, 7) is 0. The van der Waals surface area contributed by atoms with E-state index in [2.05, 4.69) is 18.2 Å². The van der Waals surface area contributed by atoms with E-state index in [-0.39, 0.29) is 45.7 Å². The van der Waals surface area contributed by atoms with Crippen LogP contribution >= 0.6 is 0 Å². The molecule has 0 aliphatic carbocycles. The van der Waals surface area contributed by atoms with Crippen LogP contribution in [0.25, 0.3) is 88.0 Å². The number of hydrogen-bond donors (Lipinski definition) is 0. The van der Waals surface area contributed by atoms with Crippen LogP contribution in [0.15, 0.2) is 174 Å². The third kappa shape index (κ3) is 4.09. The molecule has 0 aliphatic heterocycles. The fourth-order valence-corrected chi connectivity index (χ4v) is 6.59. The number of furan rings is 1. The highest BCUT2D eigenvalue weighted by molar-refractivity contribution is 6.21. The quantitative estimate of drug-likeness (QED) is 0.189. The second kappa shape index (κ2) is 10.4. The van der Waals surface area contributed by atoms with Gasteiger partial charge in [0.15, 0.2) is 0 Å². The van der Waals surface area contributed by atoms with Gasteiger partial charge in [0.05, 0.1) is 11.0 Å². The van der Waals surface area contributed by atoms with E-state index < -0.39 is 24.2 Å². The molecule has 0 N–H and O–H groups in total. The normalized spacial score (nSPS) is 14.0. The van der Waals surface area contributed by atoms with E-state index in [4.69, 9.17) is 12.6 Å². The molecule has 0 amide bonds. The fourth-order valence-electron chi connectivity index (χ4n) is 6.59. The van der Waals surface area contributed by atoms with Gasteiger partial charge in [0.25, 0.3) is 0 Å². The Kier molecular flexibility index (Phi) is 4.30. The van der Waals surface area contributed by atoms with Gasteiger partial charge in [-0.3, -0.25) is 0 Å². The maximum absolute atomic E-state index is 9.21. The van der Waals surface area contributed by atoms with Crippen molar-refractivity contribution in [1.82, 2.24) is 0 Å². The van der Waals surface area contributed by atoms with Crippen LogP contribution < -0.4 is 0 Å². The molecule has 1 heterocycles. The van der Waals surface area contributed by atoms with Gasteiger partial charge in [0, 0.05) is 16.3 Å². The Morgan fingerprint density at radius 3 is 1.40 bits per heavy atom. The molecule has 0 bridgehead atoms. The van der Waals surface area contributed by atoms with Gasteiger partial charge in [-0.1, -0.05) is 158 Å². The highest BCUT2D eigenvalue weighted by Gasteiger charge is 2.19. The van der Waals surface area contributed by atoms with Gasteiger partial charge in [-0.05, 0) is 72.6 Å². The SMILES string of the molecule is [2H]c1c([2H])c([2H])c2c(-c3ccc(-c4ccc5oc6ccccc6c5c4-c4ccccc4)cc3)c3c([2H])c([2H])c([2H])c([2H])c3c(-c3ccccc3)c2c1[2H]. The summed E-state index contributed by atoms with van der Waals surface area (Å²) < 4.78 is 77.6. The van der Waals surface area contributed by atoms with Crippen LogP contribution in [-0.2, 0) is 0 Å². The molecule has 9 aromatic rings. The first-order valence-corrected chi connectivity index (χ1v) is 14.8. The third-order valence-electron chi connectivity index (χ3n) is 8.53. The lowest BCUT2D eigenvalue weighted by molar-refractivity contribution is 0.669. The minimum Gasteiger partial charge on any atom is -0.456 e. The van der Waals surface area contributed by atoms with Gasteiger partial charge in [0.1, 0.15) is 11.2 Å². The van der Waals surface area contributed by atoms with E-state index >= 15 is 0 Å². The molecule has 1 heteroatoms. The largest absolute Gasteiger partial charge is 0.456 e. The number of hydrogen-bond acceptors (Lipinski definition) is 1. The number of fused-ring (bicyclic) bond motifs is 5. The first-order valence-electron chi connectivity index (χ1n) is 18.8. The summed E-state index contributed by atoms with van der Waals surface area (Å²) in [7, 11) is 0. The van der Waals surface area contributed by atoms with Gasteiger partial charge in [0.2, 0.25) is 0 Å². The molecular formula is C44H28O. The van der Waals surface area contributed by atoms with Gasteiger partial charge >= 0.3 is 0 Å². The van der Waals surface area contributed by atoms with Crippen LogP contribution in [-0.4, -0.2) is 0 Å². The summed E-state index contributed by atoms with van der Waals surface area (Å²) in [4.78, 5) is 0. The van der Waals surface area contributed by atoms with E-state index in [0.717, 1.165) is 44.2 Å². The van der Waals surface area contributed by atoms with Crippen LogP contribution in [0.4, 0.5) is 0 Å². The minimum absolute atomic E-state index is 0.191. The zero-order valence-electron chi connectivity index (χ0n) is 32.0. The maximum atomic E-state index is 9.21. The summed E-state index contributed by atoms with van der Waals surface area (Å²) in [6.07, 6.45) is 0. The molecule has 0 fully saturated rings. The lowest BCUT2D eigenvalue weighted by Crippen LogP contribution is -1.91. The summed E-state index contributed by atoms with van der Waals surface area (Å²) in [5, 5.41) is 2.77. The molecule has 0 saturated heterocycles. The standard InChI is InChI=1S/C44H28O/c1-3-13-30(14-4-1)41-34-17-7-9-19-36(34)42(37-20-10-8-18-35(37)41)32-25-23-29(24-26-32)33-27-28-40-44(38-21-11-12-22-39(38)45-40)43(33)31-15-5-2-6-16-31/h1-28H/i7D,8D,9D,10D,17D,18D,19D,20D. The highest BCUT2D eigenvalue weighted by Crippen LogP contribution is 2.45. The summed E-state index contributed by atoms with van der Waals surface area (Å²) in [6, 6.07) is 35.9. The van der Waals surface area contributed by atoms with E-state index in [0.29, 0.717) is 22.3 Å². The molecule has 45 heavy (non-hydrogen) atoms. The van der Waals surface area contributed by atoms with Crippen LogP contribution in [0, 0.1) is 0 Å². The van der Waals surface area contributed by atoms with Crippen molar-refractivity contribution in [2.45, 2.75) is 0 Å². The molecule has 0 unspecified atom stereocenters. The highest BCUT2D eigenvalue weighted by atomic mass is 16.3. The lowest BCUT2D eigenvalue weighted by Gasteiger charge is -2.18. The van der Waals surface area contributed by atoms with Gasteiger partial charge in [-0.2, -0.15) is 0 Å². The predicted molar refractivity (Wildman–Crippen MR) is 190 cm³/mol. The molecule has 0 saturated carbocycles. The summed E-state index contributed by atoms with van der Waals surface area (Å²) in [5.74, 6) is 0. The topological polar surface area (TPSA) is 13.1 Å². The maximum Gasteiger partial charge on any atom is 0.136 e. The van der Waals surface area contributed by atoms with Crippen molar-refractivity contribution < 1.29 is 15.4 Å². The zero-order valence-corrected chi connectivity index (χ0v) is 24.0. The summed E-state index contributed by atoms with van der Waals surface area (Å²) >= 11 is 0. The van der Waals surface area contributed by atoms with Crippen LogP contribution in [0.5, 0.6) is 0 Å². The lowest BCUT2D eigenvalue weighted by atomic mass is 9.85. The average molecular weight is 581 g/mol. The smallest absolute Gasteiger partial charge is 0.136 e. The molecule has 0 radical (unpaired) electrons. The molecule has 1 nitrogen and oxygen atoms in total. The van der Waals surface area contributed by atoms with Gasteiger partial charge in [-0.25, -0.2) is 0 Å². The molecule has 0 atom stereocenters. The molecule has 210 valence electrons. The van der Waals surface area contributed by atoms with E-state index in [1.54, 1.807) is 24.3 Å². The van der Waals surface area contributed by atoms with Gasteiger partial charge < -0.3 is 4.42 Å². The number of rotatable bonds is 4. The van der Waals surface area contributed by atoms with Crippen molar-refractivity contribution in [3.63, 3.8) is 0 Å². The molecule has 0 aliphatic rings. The Balaban J connectivity index is 1.38. The van der Waals surface area contributed by atoms with Crippen molar-refractivity contribution in [2.75, 3.05) is 0 Å². The molecule has 8 aromatic carbocycles. The van der Waals surface area contributed by atoms with Crippen LogP contribution in [0.1, 0.15) is 11.0 Å². The van der Waals surface area contributed by atoms with E-state index in [1.807, 2.05) is 78.9 Å². The van der Waals surface area contributed by atoms with Gasteiger partial charge in [-0.15, -0.1) is 0 Å². The van der Waals surface area contributed by atoms with Crippen LogP contribution in [0.2, 0.25) is 0 Å². The van der Waals surface area contributed by atoms with Crippen molar-refractivity contribution in [3.05, 3.63) is 170 Å². The first-order chi connectivity index (χ1) is 25.7. The van der Waals surface area contributed by atoms with Crippen molar-refractivity contribution in [2.24, 2.45) is 0 Å². The number of para-hydroxylation sites is 1. The Bertz CT molecular complexity index is 2870. The van der Waals surface area contributed by atoms with E-state index in [9.17, 15) is 2.74 Å². The second-order valence-electron chi connectivity index (χ2n) is 11.0. The fraction of sp³-hybridized carbons (Fsp3) is 0. The zero-order chi connectivity index (χ0) is 36.7. The van der Waals surface area contributed by atoms with E-state index in [1.165, 1.54) is 0 Å². The Morgan fingerprint density at radius 2 is 0.822 bits per heavy atom. The second-order valence-corrected chi connectivity index (χ2v) is 11.0. The average Bonchev–Trinajstić information content (AvgIpc) is 3.58. The Labute approximate surface area is 272 Å². The third-order valence-corrected chi connectivity index (χ3v) is 8.53. The van der Waals surface area contributed by atoms with Crippen molar-refractivity contribution in [3.8, 4) is 44.5 Å². The Hall–Kier alpha value is -5.92. The van der Waals surface area contributed by atoms with Crippen LogP contribution in [0.3, 0.4) is 0 Å². The molecule has 0 spiro atoms. The predicted octanol–water partition coefficient (Wildman–Crippen LogP) is 12.6. The van der Waals surface area contributed by atoms with Crippen molar-refractivity contribution in [1.29, 1.82) is 0 Å². The monoisotopic (exact) mass is 580 g/mol. The van der Waals surface area contributed by atoms with Crippen molar-refractivity contribution >= 4 is 43.5 Å². The Morgan fingerprint density at radius 1 is 0.356 bits per heavy atom. The first kappa shape index (κ1) is 18.7. The molecular weight excluding hydrogens is 544 g/mol. The number of benzene rings is 8. The summed E-state index contributed by atoms with van der Waals surface area (Å²) in [5.41, 5.74) is 7.21.